The Morgan fingerprint density at radius 3 is 2.74 bits per heavy atom. The molecule has 1 saturated carbocycles. The van der Waals surface area contributed by atoms with Gasteiger partial charge in [-0.25, -0.2) is 0 Å². The number of para-hydroxylation sites is 1. The minimum absolute atomic E-state index is 0.186. The van der Waals surface area contributed by atoms with E-state index in [1.54, 1.807) is 0 Å². The summed E-state index contributed by atoms with van der Waals surface area (Å²) in [7, 11) is 0. The Bertz CT molecular complexity index is 467. The third-order valence-electron chi connectivity index (χ3n) is 3.87. The summed E-state index contributed by atoms with van der Waals surface area (Å²) >= 11 is 1.82. The highest BCUT2D eigenvalue weighted by Crippen LogP contribution is 2.34. The van der Waals surface area contributed by atoms with Gasteiger partial charge in [0, 0.05) is 18.3 Å². The van der Waals surface area contributed by atoms with E-state index in [1.165, 1.54) is 6.42 Å². The molecular formula is C15H20N2OS. The molecule has 1 aliphatic heterocycles. The Balaban J connectivity index is 1.74. The van der Waals surface area contributed by atoms with Crippen molar-refractivity contribution < 1.29 is 4.79 Å². The van der Waals surface area contributed by atoms with Gasteiger partial charge in [-0.15, -0.1) is 11.8 Å². The van der Waals surface area contributed by atoms with E-state index >= 15 is 0 Å². The second-order valence-corrected chi connectivity index (χ2v) is 6.71. The van der Waals surface area contributed by atoms with Gasteiger partial charge < -0.3 is 10.6 Å². The normalized spacial score (nSPS) is 22.4. The summed E-state index contributed by atoms with van der Waals surface area (Å²) in [5.74, 6) is 1.45. The average Bonchev–Trinajstić information content (AvgIpc) is 3.11. The highest BCUT2D eigenvalue weighted by Gasteiger charge is 2.37. The molecule has 0 bridgehead atoms. The van der Waals surface area contributed by atoms with E-state index in [9.17, 15) is 4.79 Å². The summed E-state index contributed by atoms with van der Waals surface area (Å²) in [6.07, 6.45) is 4.51. The maximum absolute atomic E-state index is 12.6. The molecule has 0 spiro atoms. The van der Waals surface area contributed by atoms with Crippen LogP contribution in [0.5, 0.6) is 0 Å². The van der Waals surface area contributed by atoms with Gasteiger partial charge in [0.25, 0.3) is 0 Å². The van der Waals surface area contributed by atoms with Gasteiger partial charge >= 0.3 is 0 Å². The Morgan fingerprint density at radius 2 is 2.11 bits per heavy atom. The number of rotatable bonds is 4. The molecule has 2 aliphatic rings. The van der Waals surface area contributed by atoms with Crippen LogP contribution in [-0.2, 0) is 11.3 Å². The first-order valence-electron chi connectivity index (χ1n) is 7.01. The van der Waals surface area contributed by atoms with E-state index in [1.807, 2.05) is 36.0 Å². The van der Waals surface area contributed by atoms with Crippen molar-refractivity contribution in [3.63, 3.8) is 0 Å². The van der Waals surface area contributed by atoms with Crippen LogP contribution in [0.25, 0.3) is 0 Å². The van der Waals surface area contributed by atoms with Gasteiger partial charge in [0.1, 0.15) is 0 Å². The Kier molecular flexibility index (Phi) is 3.69. The fraction of sp³-hybridized carbons (Fsp3) is 0.533. The van der Waals surface area contributed by atoms with Gasteiger partial charge in [0.05, 0.1) is 5.25 Å². The van der Waals surface area contributed by atoms with Crippen molar-refractivity contribution in [3.8, 4) is 0 Å². The first-order valence-corrected chi connectivity index (χ1v) is 8.06. The Labute approximate surface area is 118 Å². The second kappa shape index (κ2) is 5.45. The number of nitrogen functional groups attached to an aromatic ring is 1. The van der Waals surface area contributed by atoms with Crippen LogP contribution in [-0.4, -0.2) is 27.9 Å². The molecule has 3 nitrogen and oxygen atoms in total. The summed E-state index contributed by atoms with van der Waals surface area (Å²) < 4.78 is 0. The minimum atomic E-state index is 0.186. The van der Waals surface area contributed by atoms with Crippen molar-refractivity contribution in [1.29, 1.82) is 0 Å². The molecule has 0 radical (unpaired) electrons. The standard InChI is InChI=1S/C15H20N2OS/c16-13-5-2-1-4-11(13)10-17(12-7-8-12)15(18)14-6-3-9-19-14/h1-2,4-5,12,14H,3,6-10,16H2. The molecule has 4 heteroatoms. The number of thioether (sulfide) groups is 1. The van der Waals surface area contributed by atoms with Crippen molar-refractivity contribution in [1.82, 2.24) is 4.90 Å². The van der Waals surface area contributed by atoms with E-state index in [0.29, 0.717) is 18.5 Å². The molecule has 102 valence electrons. The number of nitrogens with two attached hydrogens (primary N) is 1. The number of amides is 1. The van der Waals surface area contributed by atoms with Crippen molar-refractivity contribution >= 4 is 23.4 Å². The number of nitrogens with zero attached hydrogens (tertiary/aromatic N) is 1. The smallest absolute Gasteiger partial charge is 0.236 e. The summed E-state index contributed by atoms with van der Waals surface area (Å²) in [5.41, 5.74) is 7.87. The lowest BCUT2D eigenvalue weighted by molar-refractivity contribution is -0.131. The van der Waals surface area contributed by atoms with Crippen molar-refractivity contribution in [2.45, 2.75) is 43.5 Å². The number of carbonyl (C=O) groups is 1. The highest BCUT2D eigenvalue weighted by atomic mass is 32.2. The van der Waals surface area contributed by atoms with Crippen LogP contribution in [0.4, 0.5) is 5.69 Å². The van der Waals surface area contributed by atoms with E-state index in [0.717, 1.165) is 36.3 Å². The van der Waals surface area contributed by atoms with Gasteiger partial charge in [-0.2, -0.15) is 0 Å². The summed E-state index contributed by atoms with van der Waals surface area (Å²) in [6.45, 7) is 0.674. The maximum Gasteiger partial charge on any atom is 0.236 e. The SMILES string of the molecule is Nc1ccccc1CN(C(=O)C1CCCS1)C1CC1. The fourth-order valence-corrected chi connectivity index (χ4v) is 3.82. The van der Waals surface area contributed by atoms with Crippen LogP contribution < -0.4 is 5.73 Å². The molecule has 2 N–H and O–H groups in total. The van der Waals surface area contributed by atoms with Crippen LogP contribution in [0.15, 0.2) is 24.3 Å². The molecule has 1 aromatic rings. The summed E-state index contributed by atoms with van der Waals surface area (Å²) in [5, 5.41) is 0.186. The van der Waals surface area contributed by atoms with E-state index < -0.39 is 0 Å². The lowest BCUT2D eigenvalue weighted by atomic mass is 10.1. The van der Waals surface area contributed by atoms with Crippen LogP contribution >= 0.6 is 11.8 Å². The summed E-state index contributed by atoms with van der Waals surface area (Å²) in [4.78, 5) is 14.7. The second-order valence-electron chi connectivity index (χ2n) is 5.40. The van der Waals surface area contributed by atoms with Crippen molar-refractivity contribution in [2.75, 3.05) is 11.5 Å². The van der Waals surface area contributed by atoms with Gasteiger partial charge in [-0.05, 0) is 43.1 Å². The molecule has 1 atom stereocenters. The Morgan fingerprint density at radius 1 is 1.32 bits per heavy atom. The molecule has 3 rings (SSSR count). The monoisotopic (exact) mass is 276 g/mol. The number of carbonyl (C=O) groups excluding carboxylic acids is 1. The van der Waals surface area contributed by atoms with Gasteiger partial charge in [-0.3, -0.25) is 4.79 Å². The molecule has 1 aliphatic carbocycles. The minimum Gasteiger partial charge on any atom is -0.398 e. The number of hydrogen-bond donors (Lipinski definition) is 1. The van der Waals surface area contributed by atoms with Crippen LogP contribution in [0.3, 0.4) is 0 Å². The maximum atomic E-state index is 12.6. The zero-order valence-electron chi connectivity index (χ0n) is 11.0. The summed E-state index contributed by atoms with van der Waals surface area (Å²) in [6, 6.07) is 8.32. The van der Waals surface area contributed by atoms with E-state index in [2.05, 4.69) is 4.90 Å². The zero-order chi connectivity index (χ0) is 13.2. The predicted molar refractivity (Wildman–Crippen MR) is 79.9 cm³/mol. The van der Waals surface area contributed by atoms with Crippen molar-refractivity contribution in [2.24, 2.45) is 0 Å². The van der Waals surface area contributed by atoms with E-state index in [4.69, 9.17) is 5.73 Å². The van der Waals surface area contributed by atoms with Crippen LogP contribution in [0, 0.1) is 0 Å². The largest absolute Gasteiger partial charge is 0.398 e. The molecule has 0 aromatic heterocycles. The highest BCUT2D eigenvalue weighted by molar-refractivity contribution is 8.00. The zero-order valence-corrected chi connectivity index (χ0v) is 11.9. The Hall–Kier alpha value is -1.16. The lowest BCUT2D eigenvalue weighted by Gasteiger charge is -2.26. The predicted octanol–water partition coefficient (Wildman–Crippen LogP) is 2.66. The molecule has 1 unspecified atom stereocenters. The number of hydrogen-bond acceptors (Lipinski definition) is 3. The number of anilines is 1. The third-order valence-corrected chi connectivity index (χ3v) is 5.24. The quantitative estimate of drug-likeness (QED) is 0.860. The van der Waals surface area contributed by atoms with Gasteiger partial charge in [-0.1, -0.05) is 18.2 Å². The fourth-order valence-electron chi connectivity index (χ4n) is 2.59. The molecule has 19 heavy (non-hydrogen) atoms. The van der Waals surface area contributed by atoms with Gasteiger partial charge in [0.2, 0.25) is 5.91 Å². The number of benzene rings is 1. The first-order chi connectivity index (χ1) is 9.25. The molecule has 1 heterocycles. The molecular weight excluding hydrogens is 256 g/mol. The average molecular weight is 276 g/mol. The van der Waals surface area contributed by atoms with Crippen LogP contribution in [0.2, 0.25) is 0 Å². The molecule has 1 saturated heterocycles. The van der Waals surface area contributed by atoms with E-state index in [-0.39, 0.29) is 5.25 Å². The third kappa shape index (κ3) is 2.89. The molecule has 2 fully saturated rings. The van der Waals surface area contributed by atoms with Crippen molar-refractivity contribution in [3.05, 3.63) is 29.8 Å². The first kappa shape index (κ1) is 12.9. The topological polar surface area (TPSA) is 46.3 Å². The lowest BCUT2D eigenvalue weighted by Crippen LogP contribution is -2.38. The molecule has 1 amide bonds. The molecule has 1 aromatic carbocycles. The van der Waals surface area contributed by atoms with Gasteiger partial charge in [0.15, 0.2) is 0 Å². The van der Waals surface area contributed by atoms with Crippen LogP contribution in [0.1, 0.15) is 31.2 Å².